The number of rotatable bonds is 2. The molecule has 146 valence electrons. The second kappa shape index (κ2) is 6.78. The van der Waals surface area contributed by atoms with E-state index in [4.69, 9.17) is 0 Å². The quantitative estimate of drug-likeness (QED) is 0.295. The molecule has 0 saturated carbocycles. The van der Waals surface area contributed by atoms with Gasteiger partial charge in [-0.3, -0.25) is 0 Å². The Bertz CT molecular complexity index is 1350. The van der Waals surface area contributed by atoms with Gasteiger partial charge in [0.2, 0.25) is 0 Å². The summed E-state index contributed by atoms with van der Waals surface area (Å²) in [5, 5.41) is 7.25. The summed E-state index contributed by atoms with van der Waals surface area (Å²) in [7, 11) is 0.421. The number of hydrogen-bond acceptors (Lipinski definition) is 0. The first-order chi connectivity index (χ1) is 14.6. The van der Waals surface area contributed by atoms with E-state index in [0.717, 1.165) is 8.58 Å². The number of nitrogens with zero attached hydrogens (tertiary/aromatic N) is 1. The second-order valence-corrected chi connectivity index (χ2v) is 13.6. The average molecular weight is 423 g/mol. The molecule has 30 heavy (non-hydrogen) atoms. The Morgan fingerprint density at radius 1 is 0.667 bits per heavy atom. The third-order valence-corrected chi connectivity index (χ3v) is 11.5. The van der Waals surface area contributed by atoms with Crippen molar-refractivity contribution >= 4 is 54.2 Å². The normalized spacial score (nSPS) is 18.3. The van der Waals surface area contributed by atoms with Crippen molar-refractivity contribution in [1.82, 2.24) is 4.57 Å². The number of fused-ring (bicyclic) bond motifs is 4. The van der Waals surface area contributed by atoms with Crippen LogP contribution in [-0.2, 0) is 0 Å². The molecular formula is C27H23NP2. The summed E-state index contributed by atoms with van der Waals surface area (Å²) >= 11 is 0. The molecule has 0 amide bonds. The van der Waals surface area contributed by atoms with Gasteiger partial charge in [0, 0.05) is 21.0 Å². The molecule has 0 spiro atoms. The van der Waals surface area contributed by atoms with Gasteiger partial charge in [-0.2, -0.15) is 0 Å². The van der Waals surface area contributed by atoms with Gasteiger partial charge >= 0.3 is 0 Å². The van der Waals surface area contributed by atoms with E-state index >= 15 is 0 Å². The molecule has 3 heteroatoms. The molecule has 1 aliphatic heterocycles. The number of aromatic nitrogens is 1. The van der Waals surface area contributed by atoms with Crippen molar-refractivity contribution in [1.29, 1.82) is 0 Å². The van der Waals surface area contributed by atoms with Crippen molar-refractivity contribution in [3.8, 4) is 5.69 Å². The lowest BCUT2D eigenvalue weighted by atomic mass is 10.2. The zero-order chi connectivity index (χ0) is 20.3. The Morgan fingerprint density at radius 2 is 1.27 bits per heavy atom. The minimum absolute atomic E-state index is 0.272. The lowest BCUT2D eigenvalue weighted by Gasteiger charge is -2.28. The number of benzene rings is 4. The summed E-state index contributed by atoms with van der Waals surface area (Å²) in [6.45, 7) is 4.92. The van der Waals surface area contributed by atoms with Gasteiger partial charge in [-0.1, -0.05) is 101 Å². The van der Waals surface area contributed by atoms with Crippen molar-refractivity contribution < 1.29 is 0 Å². The number of para-hydroxylation sites is 2. The van der Waals surface area contributed by atoms with Crippen molar-refractivity contribution in [3.63, 3.8) is 0 Å². The van der Waals surface area contributed by atoms with Crippen LogP contribution in [0.1, 0.15) is 13.8 Å². The molecule has 0 radical (unpaired) electrons. The molecule has 1 aliphatic rings. The maximum Gasteiger partial charge on any atom is 0.0543 e. The fourth-order valence-corrected chi connectivity index (χ4v) is 10.7. The Hall–Kier alpha value is -2.46. The predicted octanol–water partition coefficient (Wildman–Crippen LogP) is 6.27. The fraction of sp³-hybridized carbons (Fsp3) is 0.111. The standard InChI is InChI=1S/C27H23NP2/c1-27(2)29-26-24(17-10-18-25(26)30(27)19-11-4-3-5-12-19)28-22-15-8-6-13-20(22)21-14-7-9-16-23(21)28/h3-18,29H,1-2H3. The van der Waals surface area contributed by atoms with Crippen LogP contribution in [0.25, 0.3) is 27.5 Å². The fourth-order valence-electron chi connectivity index (χ4n) is 4.91. The Morgan fingerprint density at radius 3 is 1.93 bits per heavy atom. The molecule has 0 bridgehead atoms. The van der Waals surface area contributed by atoms with Crippen LogP contribution in [0.5, 0.6) is 0 Å². The molecule has 2 heterocycles. The first-order valence-corrected chi connectivity index (χ1v) is 12.7. The van der Waals surface area contributed by atoms with Gasteiger partial charge in [0.1, 0.15) is 0 Å². The van der Waals surface area contributed by atoms with E-state index in [-0.39, 0.29) is 12.8 Å². The van der Waals surface area contributed by atoms with E-state index in [1.165, 1.54) is 32.8 Å². The van der Waals surface area contributed by atoms with E-state index in [9.17, 15) is 0 Å². The summed E-state index contributed by atoms with van der Waals surface area (Å²) in [6.07, 6.45) is 0. The summed E-state index contributed by atoms with van der Waals surface area (Å²) in [5.74, 6) is 0. The highest BCUT2D eigenvalue weighted by Gasteiger charge is 2.41. The Labute approximate surface area is 180 Å². The van der Waals surface area contributed by atoms with Crippen molar-refractivity contribution in [2.45, 2.75) is 18.7 Å². The third-order valence-electron chi connectivity index (χ3n) is 6.09. The second-order valence-electron chi connectivity index (χ2n) is 8.40. The van der Waals surface area contributed by atoms with E-state index in [2.05, 4.69) is 115 Å². The molecule has 2 atom stereocenters. The number of hydrogen-bond donors (Lipinski definition) is 0. The van der Waals surface area contributed by atoms with Gasteiger partial charge in [-0.25, -0.2) is 0 Å². The smallest absolute Gasteiger partial charge is 0.0543 e. The molecule has 2 unspecified atom stereocenters. The highest BCUT2D eigenvalue weighted by Crippen LogP contribution is 2.61. The van der Waals surface area contributed by atoms with E-state index in [1.807, 2.05) is 0 Å². The molecule has 0 N–H and O–H groups in total. The highest BCUT2D eigenvalue weighted by molar-refractivity contribution is 7.87. The van der Waals surface area contributed by atoms with Crippen molar-refractivity contribution in [2.75, 3.05) is 0 Å². The van der Waals surface area contributed by atoms with Crippen LogP contribution >= 0.6 is 16.5 Å². The summed E-state index contributed by atoms with van der Waals surface area (Å²) < 4.78 is 2.50. The minimum atomic E-state index is -0.379. The molecule has 0 fully saturated rings. The summed E-state index contributed by atoms with van der Waals surface area (Å²) in [6, 6.07) is 35.7. The maximum atomic E-state index is 2.50. The molecular weight excluding hydrogens is 400 g/mol. The molecule has 1 nitrogen and oxygen atoms in total. The Balaban J connectivity index is 1.66. The van der Waals surface area contributed by atoms with Gasteiger partial charge in [-0.05, 0) is 36.7 Å². The van der Waals surface area contributed by atoms with Crippen LogP contribution in [0.3, 0.4) is 0 Å². The molecule has 4 aromatic carbocycles. The van der Waals surface area contributed by atoms with Gasteiger partial charge in [0.15, 0.2) is 0 Å². The molecule has 0 aliphatic carbocycles. The van der Waals surface area contributed by atoms with Crippen molar-refractivity contribution in [3.05, 3.63) is 97.1 Å². The molecule has 0 saturated heterocycles. The van der Waals surface area contributed by atoms with Gasteiger partial charge in [0.05, 0.1) is 16.7 Å². The van der Waals surface area contributed by atoms with Gasteiger partial charge in [0.25, 0.3) is 0 Å². The lowest BCUT2D eigenvalue weighted by molar-refractivity contribution is 1.02. The summed E-state index contributed by atoms with van der Waals surface area (Å²) in [4.78, 5) is 0.272. The first-order valence-electron chi connectivity index (χ1n) is 10.4. The van der Waals surface area contributed by atoms with Gasteiger partial charge in [-0.15, -0.1) is 0 Å². The zero-order valence-electron chi connectivity index (χ0n) is 17.1. The average Bonchev–Trinajstić information content (AvgIpc) is 3.25. The first kappa shape index (κ1) is 18.3. The molecule has 5 aromatic rings. The van der Waals surface area contributed by atoms with E-state index in [1.54, 1.807) is 10.6 Å². The van der Waals surface area contributed by atoms with Crippen LogP contribution in [0.15, 0.2) is 97.1 Å². The maximum absolute atomic E-state index is 2.50. The predicted molar refractivity (Wildman–Crippen MR) is 135 cm³/mol. The summed E-state index contributed by atoms with van der Waals surface area (Å²) in [5.41, 5.74) is 3.95. The molecule has 6 rings (SSSR count). The topological polar surface area (TPSA) is 4.93 Å². The van der Waals surface area contributed by atoms with E-state index in [0.29, 0.717) is 0 Å². The monoisotopic (exact) mass is 423 g/mol. The third kappa shape index (κ3) is 2.63. The van der Waals surface area contributed by atoms with Crippen molar-refractivity contribution in [2.24, 2.45) is 0 Å². The van der Waals surface area contributed by atoms with Crippen LogP contribution in [0, 0.1) is 0 Å². The van der Waals surface area contributed by atoms with Gasteiger partial charge < -0.3 is 4.57 Å². The Kier molecular flexibility index (Phi) is 4.14. The van der Waals surface area contributed by atoms with E-state index < -0.39 is 0 Å². The highest BCUT2D eigenvalue weighted by atomic mass is 31.2. The zero-order valence-corrected chi connectivity index (χ0v) is 19.0. The molecule has 1 aromatic heterocycles. The van der Waals surface area contributed by atoms with Crippen LogP contribution in [0.2, 0.25) is 0 Å². The lowest BCUT2D eigenvalue weighted by Crippen LogP contribution is -2.23. The van der Waals surface area contributed by atoms with Crippen LogP contribution in [0.4, 0.5) is 0 Å². The minimum Gasteiger partial charge on any atom is -0.309 e. The largest absolute Gasteiger partial charge is 0.309 e. The van der Waals surface area contributed by atoms with Crippen LogP contribution in [-0.4, -0.2) is 9.46 Å². The SMILES string of the molecule is CC1(C)Pc2c(-n3c4ccccc4c4ccccc43)cccc2P1c1ccccc1. The van der Waals surface area contributed by atoms with Crippen LogP contribution < -0.4 is 15.9 Å².